The van der Waals surface area contributed by atoms with Gasteiger partial charge in [0, 0.05) is 5.69 Å². The predicted octanol–water partition coefficient (Wildman–Crippen LogP) is 2.51. The van der Waals surface area contributed by atoms with Crippen molar-refractivity contribution >= 4 is 11.6 Å². The normalized spacial score (nSPS) is 10.3. The molecule has 0 aliphatic rings. The van der Waals surface area contributed by atoms with E-state index in [9.17, 15) is 4.79 Å². The van der Waals surface area contributed by atoms with Crippen molar-refractivity contribution < 1.29 is 4.79 Å². The SMILES string of the molecule is CC=CC(=O)Nc1ccccc1C. The fourth-order valence-electron chi connectivity index (χ4n) is 1.04. The van der Waals surface area contributed by atoms with Crippen LogP contribution >= 0.6 is 0 Å². The van der Waals surface area contributed by atoms with Gasteiger partial charge < -0.3 is 5.32 Å². The van der Waals surface area contributed by atoms with Crippen LogP contribution in [0.25, 0.3) is 0 Å². The number of aryl methyl sites for hydroxylation is 1. The highest BCUT2D eigenvalue weighted by Crippen LogP contribution is 2.12. The molecule has 2 heteroatoms. The van der Waals surface area contributed by atoms with Gasteiger partial charge in [-0.05, 0) is 31.6 Å². The number of amides is 1. The van der Waals surface area contributed by atoms with E-state index in [0.717, 1.165) is 11.3 Å². The Morgan fingerprint density at radius 3 is 2.69 bits per heavy atom. The number of anilines is 1. The number of carbonyl (C=O) groups is 1. The van der Waals surface area contributed by atoms with Gasteiger partial charge in [0.25, 0.3) is 0 Å². The van der Waals surface area contributed by atoms with Gasteiger partial charge in [-0.2, -0.15) is 0 Å². The van der Waals surface area contributed by atoms with E-state index in [1.807, 2.05) is 38.1 Å². The Kier molecular flexibility index (Phi) is 3.26. The summed E-state index contributed by atoms with van der Waals surface area (Å²) in [4.78, 5) is 11.2. The number of benzene rings is 1. The summed E-state index contributed by atoms with van der Waals surface area (Å²) in [7, 11) is 0. The molecule has 1 aromatic rings. The third-order valence-corrected chi connectivity index (χ3v) is 1.72. The molecule has 0 aliphatic heterocycles. The van der Waals surface area contributed by atoms with Crippen LogP contribution in [-0.4, -0.2) is 5.91 Å². The van der Waals surface area contributed by atoms with Crippen molar-refractivity contribution in [2.75, 3.05) is 5.32 Å². The molecule has 2 nitrogen and oxygen atoms in total. The number of para-hydroxylation sites is 1. The molecule has 0 fully saturated rings. The minimum absolute atomic E-state index is 0.0863. The number of nitrogens with one attached hydrogen (secondary N) is 1. The zero-order chi connectivity index (χ0) is 9.68. The third kappa shape index (κ3) is 2.75. The Bertz CT molecular complexity index is 329. The highest BCUT2D eigenvalue weighted by Gasteiger charge is 1.98. The first-order chi connectivity index (χ1) is 6.24. The third-order valence-electron chi connectivity index (χ3n) is 1.72. The van der Waals surface area contributed by atoms with Gasteiger partial charge in [-0.15, -0.1) is 0 Å². The van der Waals surface area contributed by atoms with E-state index in [4.69, 9.17) is 0 Å². The highest BCUT2D eigenvalue weighted by molar-refractivity contribution is 5.99. The Labute approximate surface area is 78.3 Å². The average molecular weight is 175 g/mol. The van der Waals surface area contributed by atoms with Crippen LogP contribution in [0.3, 0.4) is 0 Å². The molecule has 0 aliphatic carbocycles. The number of hydrogen-bond donors (Lipinski definition) is 1. The fourth-order valence-corrected chi connectivity index (χ4v) is 1.04. The molecular formula is C11H13NO. The topological polar surface area (TPSA) is 29.1 Å². The minimum atomic E-state index is -0.0863. The molecule has 68 valence electrons. The van der Waals surface area contributed by atoms with Gasteiger partial charge in [-0.3, -0.25) is 4.79 Å². The van der Waals surface area contributed by atoms with Crippen LogP contribution in [0.1, 0.15) is 12.5 Å². The summed E-state index contributed by atoms with van der Waals surface area (Å²) in [5, 5.41) is 2.79. The van der Waals surface area contributed by atoms with Crippen molar-refractivity contribution in [1.82, 2.24) is 0 Å². The fraction of sp³-hybridized carbons (Fsp3) is 0.182. The second-order valence-electron chi connectivity index (χ2n) is 2.80. The zero-order valence-electron chi connectivity index (χ0n) is 7.87. The molecule has 0 saturated carbocycles. The molecule has 1 amide bonds. The molecule has 0 radical (unpaired) electrons. The maximum absolute atomic E-state index is 11.2. The molecule has 13 heavy (non-hydrogen) atoms. The maximum atomic E-state index is 11.2. The molecule has 1 aromatic carbocycles. The van der Waals surface area contributed by atoms with E-state index in [1.165, 1.54) is 6.08 Å². The Morgan fingerprint density at radius 1 is 1.38 bits per heavy atom. The molecule has 1 N–H and O–H groups in total. The average Bonchev–Trinajstić information content (AvgIpc) is 2.09. The lowest BCUT2D eigenvalue weighted by Crippen LogP contribution is -2.08. The molecule has 0 aromatic heterocycles. The van der Waals surface area contributed by atoms with Crippen molar-refractivity contribution in [2.45, 2.75) is 13.8 Å². The molecular weight excluding hydrogens is 162 g/mol. The molecule has 1 rings (SSSR count). The number of rotatable bonds is 2. The van der Waals surface area contributed by atoms with Crippen LogP contribution in [-0.2, 0) is 4.79 Å². The van der Waals surface area contributed by atoms with Crippen LogP contribution in [0.2, 0.25) is 0 Å². The number of hydrogen-bond acceptors (Lipinski definition) is 1. The molecule has 0 spiro atoms. The molecule has 0 heterocycles. The summed E-state index contributed by atoms with van der Waals surface area (Å²) >= 11 is 0. The van der Waals surface area contributed by atoms with E-state index in [2.05, 4.69) is 5.32 Å². The highest BCUT2D eigenvalue weighted by atomic mass is 16.1. The zero-order valence-corrected chi connectivity index (χ0v) is 7.87. The largest absolute Gasteiger partial charge is 0.322 e. The lowest BCUT2D eigenvalue weighted by Gasteiger charge is -2.04. The van der Waals surface area contributed by atoms with Gasteiger partial charge in [0.05, 0.1) is 0 Å². The summed E-state index contributed by atoms with van der Waals surface area (Å²) in [6, 6.07) is 7.70. The van der Waals surface area contributed by atoms with Gasteiger partial charge >= 0.3 is 0 Å². The van der Waals surface area contributed by atoms with Gasteiger partial charge in [-0.1, -0.05) is 24.3 Å². The second-order valence-corrected chi connectivity index (χ2v) is 2.80. The Hall–Kier alpha value is -1.57. The maximum Gasteiger partial charge on any atom is 0.248 e. The van der Waals surface area contributed by atoms with Gasteiger partial charge in [-0.25, -0.2) is 0 Å². The molecule has 0 saturated heterocycles. The van der Waals surface area contributed by atoms with Crippen molar-refractivity contribution in [3.8, 4) is 0 Å². The van der Waals surface area contributed by atoms with Gasteiger partial charge in [0.15, 0.2) is 0 Å². The monoisotopic (exact) mass is 175 g/mol. The molecule has 0 unspecified atom stereocenters. The van der Waals surface area contributed by atoms with Gasteiger partial charge in [0.2, 0.25) is 5.91 Å². The van der Waals surface area contributed by atoms with E-state index >= 15 is 0 Å². The Morgan fingerprint density at radius 2 is 2.08 bits per heavy atom. The standard InChI is InChI=1S/C11H13NO/c1-3-6-11(13)12-10-8-5-4-7-9(10)2/h3-8H,1-2H3,(H,12,13). The van der Waals surface area contributed by atoms with Crippen LogP contribution in [0.15, 0.2) is 36.4 Å². The van der Waals surface area contributed by atoms with E-state index < -0.39 is 0 Å². The Balaban J connectivity index is 2.74. The summed E-state index contributed by atoms with van der Waals surface area (Å²) in [5.41, 5.74) is 1.94. The molecule has 0 atom stereocenters. The smallest absolute Gasteiger partial charge is 0.248 e. The van der Waals surface area contributed by atoms with Crippen LogP contribution in [0.5, 0.6) is 0 Å². The number of carbonyl (C=O) groups excluding carboxylic acids is 1. The lowest BCUT2D eigenvalue weighted by atomic mass is 10.2. The summed E-state index contributed by atoms with van der Waals surface area (Å²) in [6.45, 7) is 3.78. The van der Waals surface area contributed by atoms with E-state index in [-0.39, 0.29) is 5.91 Å². The minimum Gasteiger partial charge on any atom is -0.322 e. The first-order valence-corrected chi connectivity index (χ1v) is 4.23. The summed E-state index contributed by atoms with van der Waals surface area (Å²) in [5.74, 6) is -0.0863. The van der Waals surface area contributed by atoms with Crippen LogP contribution in [0, 0.1) is 6.92 Å². The predicted molar refractivity (Wildman–Crippen MR) is 54.6 cm³/mol. The van der Waals surface area contributed by atoms with Crippen LogP contribution < -0.4 is 5.32 Å². The molecule has 0 bridgehead atoms. The van der Waals surface area contributed by atoms with Crippen molar-refractivity contribution in [2.24, 2.45) is 0 Å². The van der Waals surface area contributed by atoms with Crippen LogP contribution in [0.4, 0.5) is 5.69 Å². The summed E-state index contributed by atoms with van der Waals surface area (Å²) < 4.78 is 0. The van der Waals surface area contributed by atoms with E-state index in [1.54, 1.807) is 6.08 Å². The van der Waals surface area contributed by atoms with Crippen molar-refractivity contribution in [3.63, 3.8) is 0 Å². The quantitative estimate of drug-likeness (QED) is 0.687. The van der Waals surface area contributed by atoms with Crippen molar-refractivity contribution in [3.05, 3.63) is 42.0 Å². The van der Waals surface area contributed by atoms with Gasteiger partial charge in [0.1, 0.15) is 0 Å². The van der Waals surface area contributed by atoms with E-state index in [0.29, 0.717) is 0 Å². The lowest BCUT2D eigenvalue weighted by molar-refractivity contribution is -0.111. The first-order valence-electron chi connectivity index (χ1n) is 4.23. The first kappa shape index (κ1) is 9.52. The second kappa shape index (κ2) is 4.45. The van der Waals surface area contributed by atoms with Crippen molar-refractivity contribution in [1.29, 1.82) is 0 Å². The number of allylic oxidation sites excluding steroid dienone is 1. The summed E-state index contributed by atoms with van der Waals surface area (Å²) in [6.07, 6.45) is 3.22.